The lowest BCUT2D eigenvalue weighted by atomic mass is 9.51. The summed E-state index contributed by atoms with van der Waals surface area (Å²) in [5.74, 6) is 0.342. The number of amides is 2. The Morgan fingerprint density at radius 1 is 1.18 bits per heavy atom. The van der Waals surface area contributed by atoms with E-state index in [9.17, 15) is 14.7 Å². The van der Waals surface area contributed by atoms with Crippen molar-refractivity contribution in [3.63, 3.8) is 0 Å². The number of carbonyl (C=O) groups is 2. The smallest absolute Gasteiger partial charge is 0.258 e. The van der Waals surface area contributed by atoms with Gasteiger partial charge in [0.2, 0.25) is 5.91 Å². The Balaban J connectivity index is 1.64. The Morgan fingerprint density at radius 2 is 1.82 bits per heavy atom. The predicted octanol–water partition coefficient (Wildman–Crippen LogP) is 3.92. The van der Waals surface area contributed by atoms with Gasteiger partial charge in [0.25, 0.3) is 5.91 Å². The number of hydrogen-bond donors (Lipinski definition) is 3. The van der Waals surface area contributed by atoms with Crippen LogP contribution in [-0.2, 0) is 9.59 Å². The summed E-state index contributed by atoms with van der Waals surface area (Å²) in [5.41, 5.74) is -0.272. The Morgan fingerprint density at radius 3 is 2.45 bits per heavy atom. The fraction of sp³-hybridized carbons (Fsp3) is 0.704. The minimum atomic E-state index is -0.570. The van der Waals surface area contributed by atoms with Crippen molar-refractivity contribution < 1.29 is 19.4 Å². The van der Waals surface area contributed by atoms with Gasteiger partial charge in [0, 0.05) is 17.5 Å². The van der Waals surface area contributed by atoms with Gasteiger partial charge in [-0.25, -0.2) is 0 Å². The minimum absolute atomic E-state index is 0.00142. The maximum atomic E-state index is 12.8. The summed E-state index contributed by atoms with van der Waals surface area (Å²) < 4.78 is 5.60. The van der Waals surface area contributed by atoms with E-state index in [0.29, 0.717) is 5.75 Å². The largest absolute Gasteiger partial charge is 0.484 e. The standard InChI is InChI=1S/C27H42N2O4/c1-17(25(32)29-26(3,4)5)20-12-14-27(6)15-13-21(18(2)23(27)24(20)31)28-22(30)16-33-19-10-8-7-9-11-19/h7-11,17-18,20-21,23-24,31H,12-16H2,1-6H3,(H,28,30)(H,29,32)/t17-,18-,20-,21-,23+,24-,27+/m0/s1. The van der Waals surface area contributed by atoms with Crippen molar-refractivity contribution in [2.45, 2.75) is 84.9 Å². The van der Waals surface area contributed by atoms with E-state index in [1.54, 1.807) is 0 Å². The molecule has 0 heterocycles. The molecule has 1 aromatic rings. The number of carbonyl (C=O) groups excluding carboxylic acids is 2. The first-order chi connectivity index (χ1) is 15.4. The molecule has 0 aromatic heterocycles. The number of hydrogen-bond acceptors (Lipinski definition) is 4. The quantitative estimate of drug-likeness (QED) is 0.603. The second kappa shape index (κ2) is 10.0. The number of aliphatic hydroxyl groups excluding tert-OH is 1. The molecule has 7 atom stereocenters. The van der Waals surface area contributed by atoms with Crippen LogP contribution in [0.2, 0.25) is 0 Å². The second-order valence-electron chi connectivity index (χ2n) is 11.6. The molecule has 33 heavy (non-hydrogen) atoms. The zero-order chi connectivity index (χ0) is 24.4. The Bertz CT molecular complexity index is 821. The number of rotatable bonds is 6. The van der Waals surface area contributed by atoms with E-state index in [2.05, 4.69) is 24.5 Å². The molecule has 2 aliphatic rings. The van der Waals surface area contributed by atoms with Gasteiger partial charge in [0.1, 0.15) is 5.75 Å². The molecule has 2 fully saturated rings. The van der Waals surface area contributed by atoms with Crippen molar-refractivity contribution in [3.8, 4) is 5.75 Å². The third kappa shape index (κ3) is 6.08. The summed E-state index contributed by atoms with van der Waals surface area (Å²) in [6, 6.07) is 9.31. The average molecular weight is 459 g/mol. The van der Waals surface area contributed by atoms with Gasteiger partial charge < -0.3 is 20.5 Å². The minimum Gasteiger partial charge on any atom is -0.484 e. The van der Waals surface area contributed by atoms with Crippen LogP contribution in [0.3, 0.4) is 0 Å². The first-order valence-electron chi connectivity index (χ1n) is 12.4. The molecule has 0 aliphatic heterocycles. The van der Waals surface area contributed by atoms with E-state index >= 15 is 0 Å². The zero-order valence-corrected chi connectivity index (χ0v) is 21.1. The van der Waals surface area contributed by atoms with Gasteiger partial charge in [-0.3, -0.25) is 9.59 Å². The Hall–Kier alpha value is -2.08. The Kier molecular flexibility index (Phi) is 7.77. The van der Waals surface area contributed by atoms with Gasteiger partial charge >= 0.3 is 0 Å². The van der Waals surface area contributed by atoms with Crippen LogP contribution in [-0.4, -0.2) is 41.2 Å². The van der Waals surface area contributed by atoms with E-state index in [-0.39, 0.29) is 59.1 Å². The molecule has 3 N–H and O–H groups in total. The molecule has 0 bridgehead atoms. The van der Waals surface area contributed by atoms with E-state index < -0.39 is 6.10 Å². The van der Waals surface area contributed by atoms with Gasteiger partial charge in [-0.05, 0) is 81.8 Å². The monoisotopic (exact) mass is 458 g/mol. The fourth-order valence-electron chi connectivity index (χ4n) is 6.09. The zero-order valence-electron chi connectivity index (χ0n) is 21.1. The maximum absolute atomic E-state index is 12.8. The summed E-state index contributed by atoms with van der Waals surface area (Å²) in [7, 11) is 0. The number of fused-ring (bicyclic) bond motifs is 1. The molecule has 3 rings (SSSR count). The van der Waals surface area contributed by atoms with Crippen LogP contribution < -0.4 is 15.4 Å². The van der Waals surface area contributed by atoms with Crippen LogP contribution in [0.4, 0.5) is 0 Å². The molecule has 6 nitrogen and oxygen atoms in total. The number of nitrogens with one attached hydrogen (secondary N) is 2. The lowest BCUT2D eigenvalue weighted by Crippen LogP contribution is -2.59. The third-order valence-corrected chi connectivity index (χ3v) is 7.90. The predicted molar refractivity (Wildman–Crippen MR) is 130 cm³/mol. The lowest BCUT2D eigenvalue weighted by molar-refractivity contribution is -0.144. The summed E-state index contributed by atoms with van der Waals surface area (Å²) in [5, 5.41) is 17.7. The summed E-state index contributed by atoms with van der Waals surface area (Å²) in [6.45, 7) is 12.2. The summed E-state index contributed by atoms with van der Waals surface area (Å²) in [6.07, 6.45) is 3.12. The highest BCUT2D eigenvalue weighted by molar-refractivity contribution is 5.79. The molecule has 2 amide bonds. The van der Waals surface area contributed by atoms with Crippen molar-refractivity contribution in [1.29, 1.82) is 0 Å². The van der Waals surface area contributed by atoms with Crippen molar-refractivity contribution in [3.05, 3.63) is 30.3 Å². The SMILES string of the molecule is C[C@@H]1[C@@H]2[C@@H](O)[C@H]([C@H](C)C(=O)NC(C)(C)C)CC[C@]2(C)CC[C@@H]1NC(=O)COc1ccccc1. The van der Waals surface area contributed by atoms with Crippen LogP contribution in [0.5, 0.6) is 5.75 Å². The van der Waals surface area contributed by atoms with Crippen LogP contribution in [0.15, 0.2) is 30.3 Å². The van der Waals surface area contributed by atoms with Crippen molar-refractivity contribution >= 4 is 11.8 Å². The molecule has 184 valence electrons. The molecule has 1 aromatic carbocycles. The summed E-state index contributed by atoms with van der Waals surface area (Å²) >= 11 is 0. The molecule has 6 heteroatoms. The molecular formula is C27H42N2O4. The van der Waals surface area contributed by atoms with E-state index in [1.165, 1.54) is 0 Å². The Labute approximate surface area is 198 Å². The van der Waals surface area contributed by atoms with Crippen molar-refractivity contribution in [2.75, 3.05) is 6.61 Å². The van der Waals surface area contributed by atoms with Gasteiger partial charge in [0.05, 0.1) is 6.10 Å². The normalized spacial score (nSPS) is 32.9. The first-order valence-corrected chi connectivity index (χ1v) is 12.4. The number of benzene rings is 1. The van der Waals surface area contributed by atoms with E-state index in [0.717, 1.165) is 25.7 Å². The first kappa shape index (κ1) is 25.5. The van der Waals surface area contributed by atoms with Crippen molar-refractivity contribution in [1.82, 2.24) is 10.6 Å². The molecule has 0 radical (unpaired) electrons. The topological polar surface area (TPSA) is 87.7 Å². The fourth-order valence-corrected chi connectivity index (χ4v) is 6.09. The molecule has 2 saturated carbocycles. The average Bonchev–Trinajstić information content (AvgIpc) is 2.73. The summed E-state index contributed by atoms with van der Waals surface area (Å²) in [4.78, 5) is 25.4. The second-order valence-corrected chi connectivity index (χ2v) is 11.6. The maximum Gasteiger partial charge on any atom is 0.258 e. The van der Waals surface area contributed by atoms with Gasteiger partial charge in [-0.2, -0.15) is 0 Å². The highest BCUT2D eigenvalue weighted by Gasteiger charge is 2.54. The molecule has 0 saturated heterocycles. The van der Waals surface area contributed by atoms with Crippen molar-refractivity contribution in [2.24, 2.45) is 29.1 Å². The number of para-hydroxylation sites is 1. The van der Waals surface area contributed by atoms with Crippen LogP contribution in [0, 0.1) is 29.1 Å². The number of aliphatic hydroxyl groups is 1. The molecule has 2 aliphatic carbocycles. The van der Waals surface area contributed by atoms with E-state index in [1.807, 2.05) is 58.0 Å². The van der Waals surface area contributed by atoms with Gasteiger partial charge in [-0.15, -0.1) is 0 Å². The number of ether oxygens (including phenoxy) is 1. The molecule has 0 spiro atoms. The van der Waals surface area contributed by atoms with Crippen LogP contribution >= 0.6 is 0 Å². The lowest BCUT2D eigenvalue weighted by Gasteiger charge is -2.56. The van der Waals surface area contributed by atoms with Crippen LogP contribution in [0.25, 0.3) is 0 Å². The third-order valence-electron chi connectivity index (χ3n) is 7.90. The van der Waals surface area contributed by atoms with E-state index in [4.69, 9.17) is 4.74 Å². The van der Waals surface area contributed by atoms with Gasteiger partial charge in [0.15, 0.2) is 6.61 Å². The highest BCUT2D eigenvalue weighted by atomic mass is 16.5. The molecule has 0 unspecified atom stereocenters. The van der Waals surface area contributed by atoms with Crippen LogP contribution in [0.1, 0.15) is 67.2 Å². The molecular weight excluding hydrogens is 416 g/mol. The van der Waals surface area contributed by atoms with Gasteiger partial charge in [-0.1, -0.05) is 39.0 Å². The highest BCUT2D eigenvalue weighted by Crippen LogP contribution is 2.55.